The fourth-order valence-corrected chi connectivity index (χ4v) is 2.80. The molecule has 5 heteroatoms. The van der Waals surface area contributed by atoms with E-state index in [1.807, 2.05) is 31.2 Å². The summed E-state index contributed by atoms with van der Waals surface area (Å²) in [5.74, 6) is -0.409. The van der Waals surface area contributed by atoms with Crippen LogP contribution in [0.3, 0.4) is 0 Å². The number of amides is 1. The second kappa shape index (κ2) is 6.72. The van der Waals surface area contributed by atoms with Crippen molar-refractivity contribution in [2.75, 3.05) is 14.2 Å². The SMILES string of the molecule is CC[C@H](NC)C(=O)N1Cc2ccccc2CC1C(=O)OC. The minimum absolute atomic E-state index is 0.0510. The highest BCUT2D eigenvalue weighted by atomic mass is 16.5. The maximum absolute atomic E-state index is 12.7. The Morgan fingerprint density at radius 1 is 1.38 bits per heavy atom. The Kier molecular flexibility index (Phi) is 4.96. The Bertz CT molecular complexity index is 526. The van der Waals surface area contributed by atoms with Gasteiger partial charge in [0.25, 0.3) is 0 Å². The smallest absolute Gasteiger partial charge is 0.328 e. The van der Waals surface area contributed by atoms with Gasteiger partial charge in [0, 0.05) is 13.0 Å². The zero-order valence-electron chi connectivity index (χ0n) is 12.8. The molecule has 2 rings (SSSR count). The number of benzene rings is 1. The predicted octanol–water partition coefficient (Wildman–Crippen LogP) is 1.11. The van der Waals surface area contributed by atoms with Crippen molar-refractivity contribution in [3.63, 3.8) is 0 Å². The zero-order valence-corrected chi connectivity index (χ0v) is 12.8. The van der Waals surface area contributed by atoms with E-state index in [1.54, 1.807) is 11.9 Å². The predicted molar refractivity (Wildman–Crippen MR) is 79.6 cm³/mol. The molecule has 1 aliphatic rings. The molecule has 0 saturated heterocycles. The number of nitrogens with zero attached hydrogens (tertiary/aromatic N) is 1. The second-order valence-corrected chi connectivity index (χ2v) is 5.23. The molecule has 114 valence electrons. The first kappa shape index (κ1) is 15.5. The average molecular weight is 290 g/mol. The standard InChI is InChI=1S/C16H22N2O3/c1-4-13(17-2)15(19)18-10-12-8-6-5-7-11(12)9-14(18)16(20)21-3/h5-8,13-14,17H,4,9-10H2,1-3H3/t13-,14?/m0/s1. The number of hydrogen-bond acceptors (Lipinski definition) is 4. The van der Waals surface area contributed by atoms with Crippen molar-refractivity contribution in [2.45, 2.75) is 38.4 Å². The molecule has 1 amide bonds. The molecular formula is C16H22N2O3. The molecule has 0 aromatic heterocycles. The summed E-state index contributed by atoms with van der Waals surface area (Å²) in [7, 11) is 3.12. The number of likely N-dealkylation sites (N-methyl/N-ethyl adjacent to an activating group) is 1. The largest absolute Gasteiger partial charge is 0.467 e. The number of ether oxygens (including phenoxy) is 1. The Morgan fingerprint density at radius 3 is 2.62 bits per heavy atom. The second-order valence-electron chi connectivity index (χ2n) is 5.23. The van der Waals surface area contributed by atoms with Crippen molar-refractivity contribution in [1.29, 1.82) is 0 Å². The normalized spacial score (nSPS) is 18.8. The lowest BCUT2D eigenvalue weighted by Crippen LogP contribution is -2.54. The Balaban J connectivity index is 2.32. The summed E-state index contributed by atoms with van der Waals surface area (Å²) in [6, 6.07) is 7.09. The molecule has 1 aliphatic heterocycles. The molecular weight excluding hydrogens is 268 g/mol. The molecule has 0 bridgehead atoms. The number of nitrogens with one attached hydrogen (secondary N) is 1. The number of fused-ring (bicyclic) bond motifs is 1. The maximum Gasteiger partial charge on any atom is 0.328 e. The van der Waals surface area contributed by atoms with E-state index < -0.39 is 6.04 Å². The van der Waals surface area contributed by atoms with Crippen LogP contribution in [0.25, 0.3) is 0 Å². The van der Waals surface area contributed by atoms with Gasteiger partial charge in [-0.05, 0) is 24.6 Å². The number of rotatable bonds is 4. The van der Waals surface area contributed by atoms with Gasteiger partial charge in [-0.2, -0.15) is 0 Å². The van der Waals surface area contributed by atoms with Crippen LogP contribution < -0.4 is 5.32 Å². The van der Waals surface area contributed by atoms with Gasteiger partial charge in [0.05, 0.1) is 13.2 Å². The first-order chi connectivity index (χ1) is 10.1. The fraction of sp³-hybridized carbons (Fsp3) is 0.500. The van der Waals surface area contributed by atoms with Gasteiger partial charge in [0.15, 0.2) is 0 Å². The third kappa shape index (κ3) is 3.08. The number of methoxy groups -OCH3 is 1. The minimum atomic E-state index is -0.542. The summed E-state index contributed by atoms with van der Waals surface area (Å²) < 4.78 is 4.88. The lowest BCUT2D eigenvalue weighted by molar-refractivity contribution is -0.154. The zero-order chi connectivity index (χ0) is 15.4. The van der Waals surface area contributed by atoms with Gasteiger partial charge in [-0.25, -0.2) is 4.79 Å². The minimum Gasteiger partial charge on any atom is -0.467 e. The fourth-order valence-electron chi connectivity index (χ4n) is 2.80. The van der Waals surface area contributed by atoms with Gasteiger partial charge in [-0.3, -0.25) is 4.79 Å². The highest BCUT2D eigenvalue weighted by Crippen LogP contribution is 2.25. The molecule has 1 N–H and O–H groups in total. The van der Waals surface area contributed by atoms with Crippen LogP contribution in [0, 0.1) is 0 Å². The van der Waals surface area contributed by atoms with Gasteiger partial charge in [0.2, 0.25) is 5.91 Å². The van der Waals surface area contributed by atoms with Gasteiger partial charge in [-0.1, -0.05) is 31.2 Å². The van der Waals surface area contributed by atoms with E-state index in [4.69, 9.17) is 4.74 Å². The van der Waals surface area contributed by atoms with Crippen LogP contribution in [0.2, 0.25) is 0 Å². The lowest BCUT2D eigenvalue weighted by atomic mass is 9.93. The van der Waals surface area contributed by atoms with Crippen LogP contribution >= 0.6 is 0 Å². The van der Waals surface area contributed by atoms with Crippen LogP contribution in [-0.2, 0) is 27.3 Å². The molecule has 21 heavy (non-hydrogen) atoms. The van der Waals surface area contributed by atoms with Crippen molar-refractivity contribution >= 4 is 11.9 Å². The molecule has 0 radical (unpaired) electrons. The molecule has 2 atom stereocenters. The molecule has 1 unspecified atom stereocenters. The molecule has 1 heterocycles. The lowest BCUT2D eigenvalue weighted by Gasteiger charge is -2.37. The maximum atomic E-state index is 12.7. The van der Waals surface area contributed by atoms with Crippen LogP contribution in [0.15, 0.2) is 24.3 Å². The molecule has 1 aromatic carbocycles. The van der Waals surface area contributed by atoms with E-state index in [1.165, 1.54) is 7.11 Å². The highest BCUT2D eigenvalue weighted by molar-refractivity contribution is 5.88. The van der Waals surface area contributed by atoms with Crippen LogP contribution in [0.1, 0.15) is 24.5 Å². The van der Waals surface area contributed by atoms with E-state index in [0.717, 1.165) is 11.1 Å². The highest BCUT2D eigenvalue weighted by Gasteiger charge is 2.37. The number of hydrogen-bond donors (Lipinski definition) is 1. The average Bonchev–Trinajstić information content (AvgIpc) is 2.53. The van der Waals surface area contributed by atoms with Gasteiger partial charge >= 0.3 is 5.97 Å². The summed E-state index contributed by atoms with van der Waals surface area (Å²) >= 11 is 0. The number of esters is 1. The van der Waals surface area contributed by atoms with Gasteiger partial charge in [-0.15, -0.1) is 0 Å². The Labute approximate surface area is 125 Å². The third-order valence-electron chi connectivity index (χ3n) is 4.06. The summed E-state index contributed by atoms with van der Waals surface area (Å²) in [5.41, 5.74) is 2.20. The van der Waals surface area contributed by atoms with Crippen molar-refractivity contribution in [2.24, 2.45) is 0 Å². The summed E-state index contributed by atoms with van der Waals surface area (Å²) in [6.45, 7) is 2.40. The number of carbonyl (C=O) groups is 2. The van der Waals surface area contributed by atoms with Crippen molar-refractivity contribution in [3.8, 4) is 0 Å². The summed E-state index contributed by atoms with van der Waals surface area (Å²) in [5, 5.41) is 3.01. The van der Waals surface area contributed by atoms with Gasteiger partial charge in [0.1, 0.15) is 6.04 Å². The van der Waals surface area contributed by atoms with Crippen molar-refractivity contribution < 1.29 is 14.3 Å². The quantitative estimate of drug-likeness (QED) is 0.844. The molecule has 1 aromatic rings. The topological polar surface area (TPSA) is 58.6 Å². The van der Waals surface area contributed by atoms with Crippen molar-refractivity contribution in [1.82, 2.24) is 10.2 Å². The van der Waals surface area contributed by atoms with Crippen molar-refractivity contribution in [3.05, 3.63) is 35.4 Å². The third-order valence-corrected chi connectivity index (χ3v) is 4.06. The summed E-state index contributed by atoms with van der Waals surface area (Å²) in [4.78, 5) is 26.3. The monoisotopic (exact) mass is 290 g/mol. The van der Waals surface area contributed by atoms with Crippen LogP contribution in [0.5, 0.6) is 0 Å². The molecule has 5 nitrogen and oxygen atoms in total. The first-order valence-electron chi connectivity index (χ1n) is 7.24. The van der Waals surface area contributed by atoms with E-state index in [0.29, 0.717) is 19.4 Å². The van der Waals surface area contributed by atoms with E-state index in [-0.39, 0.29) is 17.9 Å². The Morgan fingerprint density at radius 2 is 2.05 bits per heavy atom. The van der Waals surface area contributed by atoms with Crippen LogP contribution in [0.4, 0.5) is 0 Å². The molecule has 0 spiro atoms. The first-order valence-corrected chi connectivity index (χ1v) is 7.24. The van der Waals surface area contributed by atoms with E-state index in [2.05, 4.69) is 5.32 Å². The van der Waals surface area contributed by atoms with Crippen LogP contribution in [-0.4, -0.2) is 43.0 Å². The van der Waals surface area contributed by atoms with Gasteiger partial charge < -0.3 is 15.0 Å². The van der Waals surface area contributed by atoms with E-state index in [9.17, 15) is 9.59 Å². The number of carbonyl (C=O) groups excluding carboxylic acids is 2. The molecule has 0 fully saturated rings. The Hall–Kier alpha value is -1.88. The summed E-state index contributed by atoms with van der Waals surface area (Å²) in [6.07, 6.45) is 1.19. The van der Waals surface area contributed by atoms with E-state index >= 15 is 0 Å². The molecule has 0 aliphatic carbocycles. The molecule has 0 saturated carbocycles.